The predicted molar refractivity (Wildman–Crippen MR) is 130 cm³/mol. The Hall–Kier alpha value is -2.44. The number of rotatable bonds is 15. The average molecular weight is 445 g/mol. The van der Waals surface area contributed by atoms with E-state index in [2.05, 4.69) is 10.6 Å². The number of hydrogen-bond donors (Lipinski definition) is 6. The third-order valence-corrected chi connectivity index (χ3v) is 6.02. The summed E-state index contributed by atoms with van der Waals surface area (Å²) in [5.41, 5.74) is 3.87. The molecule has 32 heavy (non-hydrogen) atoms. The van der Waals surface area contributed by atoms with Gasteiger partial charge in [-0.25, -0.2) is 0 Å². The molecule has 0 fully saturated rings. The molecule has 6 N–H and O–H groups in total. The zero-order valence-electron chi connectivity index (χ0n) is 19.6. The minimum Gasteiger partial charge on any atom is -0.504 e. The lowest BCUT2D eigenvalue weighted by Crippen LogP contribution is -2.20. The van der Waals surface area contributed by atoms with E-state index >= 15 is 0 Å². The first-order valence-electron chi connectivity index (χ1n) is 12.0. The summed E-state index contributed by atoms with van der Waals surface area (Å²) in [4.78, 5) is 0. The van der Waals surface area contributed by atoms with Crippen LogP contribution >= 0.6 is 0 Å². The Labute approximate surface area is 192 Å². The monoisotopic (exact) mass is 444 g/mol. The third kappa shape index (κ3) is 7.61. The van der Waals surface area contributed by atoms with Gasteiger partial charge in [0.1, 0.15) is 0 Å². The van der Waals surface area contributed by atoms with Gasteiger partial charge in [0.2, 0.25) is 0 Å². The molecule has 0 amide bonds. The largest absolute Gasteiger partial charge is 0.504 e. The van der Waals surface area contributed by atoms with Crippen LogP contribution in [0.3, 0.4) is 0 Å². The number of unbranched alkanes of at least 4 members (excludes halogenated alkanes) is 3. The number of aromatic hydroxyl groups is 4. The van der Waals surface area contributed by atoms with E-state index in [4.69, 9.17) is 0 Å². The summed E-state index contributed by atoms with van der Waals surface area (Å²) >= 11 is 0. The summed E-state index contributed by atoms with van der Waals surface area (Å²) in [5, 5.41) is 46.1. The number of hydrogen-bond acceptors (Lipinski definition) is 6. The first-order valence-corrected chi connectivity index (χ1v) is 12.0. The fourth-order valence-corrected chi connectivity index (χ4v) is 4.14. The maximum absolute atomic E-state index is 9.96. The maximum Gasteiger partial charge on any atom is 0.160 e. The Kier molecular flexibility index (Phi) is 11.2. The molecule has 0 aliphatic heterocycles. The number of phenolic OH excluding ortho intramolecular Hbond substituents is 4. The molecule has 0 radical (unpaired) electrons. The lowest BCUT2D eigenvalue weighted by atomic mass is 10.0. The summed E-state index contributed by atoms with van der Waals surface area (Å²) in [6.45, 7) is 7.69. The molecule has 6 nitrogen and oxygen atoms in total. The molecule has 0 saturated carbocycles. The van der Waals surface area contributed by atoms with Gasteiger partial charge in [-0.2, -0.15) is 0 Å². The minimum absolute atomic E-state index is 0.0191. The quantitative estimate of drug-likeness (QED) is 0.182. The van der Waals surface area contributed by atoms with E-state index in [0.29, 0.717) is 12.8 Å². The van der Waals surface area contributed by atoms with Gasteiger partial charge in [0.25, 0.3) is 0 Å². The molecule has 0 heterocycles. The van der Waals surface area contributed by atoms with E-state index in [9.17, 15) is 20.4 Å². The van der Waals surface area contributed by atoms with E-state index in [1.165, 1.54) is 12.8 Å². The topological polar surface area (TPSA) is 105 Å². The second-order valence-electron chi connectivity index (χ2n) is 8.26. The van der Waals surface area contributed by atoms with Crippen LogP contribution < -0.4 is 10.6 Å². The fraction of sp³-hybridized carbons (Fsp3) is 0.538. The summed E-state index contributed by atoms with van der Waals surface area (Å²) in [6.07, 6.45) is 7.80. The Morgan fingerprint density at radius 2 is 0.969 bits per heavy atom. The number of phenols is 4. The highest BCUT2D eigenvalue weighted by Crippen LogP contribution is 2.32. The van der Waals surface area contributed by atoms with Crippen LogP contribution in [0.4, 0.5) is 0 Å². The van der Waals surface area contributed by atoms with Crippen molar-refractivity contribution >= 4 is 0 Å². The molecule has 0 bridgehead atoms. The van der Waals surface area contributed by atoms with E-state index in [1.54, 1.807) is 12.1 Å². The highest BCUT2D eigenvalue weighted by Gasteiger charge is 2.11. The molecule has 0 aliphatic rings. The van der Waals surface area contributed by atoms with Crippen molar-refractivity contribution in [1.82, 2.24) is 10.6 Å². The lowest BCUT2D eigenvalue weighted by Gasteiger charge is -2.12. The molecule has 2 aromatic rings. The summed E-state index contributed by atoms with van der Waals surface area (Å²) in [7, 11) is 0. The molecular weight excluding hydrogens is 404 g/mol. The van der Waals surface area contributed by atoms with Crippen molar-refractivity contribution in [3.05, 3.63) is 46.5 Å². The Morgan fingerprint density at radius 1 is 0.562 bits per heavy atom. The molecule has 0 spiro atoms. The molecule has 178 valence electrons. The Balaban J connectivity index is 1.50. The third-order valence-electron chi connectivity index (χ3n) is 6.02. The van der Waals surface area contributed by atoms with Gasteiger partial charge in [0, 0.05) is 11.1 Å². The maximum atomic E-state index is 9.96. The molecule has 0 saturated heterocycles. The molecule has 2 aromatic carbocycles. The van der Waals surface area contributed by atoms with Crippen molar-refractivity contribution in [2.45, 2.75) is 65.2 Å². The molecule has 6 heteroatoms. The van der Waals surface area contributed by atoms with Crippen molar-refractivity contribution in [3.63, 3.8) is 0 Å². The van der Waals surface area contributed by atoms with Crippen LogP contribution in [-0.2, 0) is 25.7 Å². The second-order valence-corrected chi connectivity index (χ2v) is 8.26. The van der Waals surface area contributed by atoms with E-state index in [-0.39, 0.29) is 23.0 Å². The number of benzene rings is 2. The molecule has 2 rings (SSSR count). The molecule has 0 unspecified atom stereocenters. The van der Waals surface area contributed by atoms with Gasteiger partial charge >= 0.3 is 0 Å². The normalized spacial score (nSPS) is 11.2. The summed E-state index contributed by atoms with van der Waals surface area (Å²) < 4.78 is 0. The van der Waals surface area contributed by atoms with E-state index in [0.717, 1.165) is 74.1 Å². The van der Waals surface area contributed by atoms with Crippen LogP contribution in [0.2, 0.25) is 0 Å². The van der Waals surface area contributed by atoms with Crippen molar-refractivity contribution < 1.29 is 20.4 Å². The van der Waals surface area contributed by atoms with E-state index < -0.39 is 0 Å². The average Bonchev–Trinajstić information content (AvgIpc) is 2.79. The minimum atomic E-state index is -0.0431. The van der Waals surface area contributed by atoms with Gasteiger partial charge in [-0.15, -0.1) is 0 Å². The van der Waals surface area contributed by atoms with Gasteiger partial charge in [-0.1, -0.05) is 38.8 Å². The van der Waals surface area contributed by atoms with Crippen LogP contribution in [-0.4, -0.2) is 46.6 Å². The second kappa shape index (κ2) is 13.9. The van der Waals surface area contributed by atoms with Crippen LogP contribution in [0, 0.1) is 0 Å². The van der Waals surface area contributed by atoms with Crippen LogP contribution in [0.25, 0.3) is 0 Å². The molecular formula is C26H40N2O4. The highest BCUT2D eigenvalue weighted by atomic mass is 16.3. The molecule has 0 aliphatic carbocycles. The SMILES string of the molecule is CCc1c(CCNCCCCCCNCCc2ccc(O)c(O)c2CC)ccc(O)c1O. The smallest absolute Gasteiger partial charge is 0.160 e. The summed E-state index contributed by atoms with van der Waals surface area (Å²) in [6, 6.07) is 6.93. The zero-order valence-corrected chi connectivity index (χ0v) is 19.6. The van der Waals surface area contributed by atoms with Crippen molar-refractivity contribution in [2.24, 2.45) is 0 Å². The van der Waals surface area contributed by atoms with Gasteiger partial charge in [0.15, 0.2) is 23.0 Å². The highest BCUT2D eigenvalue weighted by molar-refractivity contribution is 5.49. The Bertz CT molecular complexity index is 770. The van der Waals surface area contributed by atoms with Crippen molar-refractivity contribution in [3.8, 4) is 23.0 Å². The summed E-state index contributed by atoms with van der Waals surface area (Å²) in [5.74, 6) is -0.0481. The van der Waals surface area contributed by atoms with Crippen LogP contribution in [0.15, 0.2) is 24.3 Å². The lowest BCUT2D eigenvalue weighted by molar-refractivity contribution is 0.399. The van der Waals surface area contributed by atoms with Gasteiger partial charge in [0.05, 0.1) is 0 Å². The van der Waals surface area contributed by atoms with Crippen molar-refractivity contribution in [2.75, 3.05) is 26.2 Å². The standard InChI is InChI=1S/C26H40N2O4/c1-3-21-19(9-11-23(29)25(21)31)13-17-27-15-7-5-6-8-16-28-18-14-20-10-12-24(30)26(32)22(20)4-2/h9-12,27-32H,3-8,13-18H2,1-2H3. The van der Waals surface area contributed by atoms with Gasteiger partial charge < -0.3 is 31.1 Å². The molecule has 0 atom stereocenters. The number of nitrogens with one attached hydrogen (secondary N) is 2. The van der Waals surface area contributed by atoms with Gasteiger partial charge in [-0.05, 0) is 88.0 Å². The van der Waals surface area contributed by atoms with Crippen molar-refractivity contribution in [1.29, 1.82) is 0 Å². The van der Waals surface area contributed by atoms with Gasteiger partial charge in [-0.3, -0.25) is 0 Å². The fourth-order valence-electron chi connectivity index (χ4n) is 4.14. The molecule has 0 aromatic heterocycles. The first kappa shape index (κ1) is 25.8. The van der Waals surface area contributed by atoms with Crippen LogP contribution in [0.1, 0.15) is 61.8 Å². The Morgan fingerprint density at radius 3 is 1.34 bits per heavy atom. The first-order chi connectivity index (χ1) is 15.5. The predicted octanol–water partition coefficient (Wildman–Crippen LogP) is 4.16. The van der Waals surface area contributed by atoms with E-state index in [1.807, 2.05) is 26.0 Å². The van der Waals surface area contributed by atoms with Crippen LogP contribution in [0.5, 0.6) is 23.0 Å². The zero-order chi connectivity index (χ0) is 23.3.